The van der Waals surface area contributed by atoms with E-state index in [-0.39, 0.29) is 0 Å². The van der Waals surface area contributed by atoms with Crippen LogP contribution in [0.25, 0.3) is 22.6 Å². The first-order chi connectivity index (χ1) is 18.8. The minimum absolute atomic E-state index is 0.291. The van der Waals surface area contributed by atoms with Crippen LogP contribution in [-0.2, 0) is 29.1 Å². The van der Waals surface area contributed by atoms with Crippen LogP contribution < -0.4 is 5.73 Å². The molecule has 1 aliphatic heterocycles. The highest BCUT2D eigenvalue weighted by Crippen LogP contribution is 2.55. The summed E-state index contributed by atoms with van der Waals surface area (Å²) in [6, 6.07) is 1.84. The van der Waals surface area contributed by atoms with E-state index in [2.05, 4.69) is 21.3 Å². The molecule has 10 nitrogen and oxygen atoms in total. The minimum atomic E-state index is -1.44. The molecular formula is C26H27FN8O2S2. The Kier molecular flexibility index (Phi) is 5.66. The van der Waals surface area contributed by atoms with E-state index in [1.807, 2.05) is 11.9 Å². The molecule has 5 heterocycles. The van der Waals surface area contributed by atoms with Crippen LogP contribution in [0.5, 0.6) is 0 Å². The van der Waals surface area contributed by atoms with Gasteiger partial charge in [-0.2, -0.15) is 10.4 Å². The Balaban J connectivity index is 1.41. The first-order valence-electron chi connectivity index (χ1n) is 13.0. The highest BCUT2D eigenvalue weighted by Gasteiger charge is 2.49. The number of likely N-dealkylation sites (N-methyl/N-ethyl adjacent to an activating group) is 1. The van der Waals surface area contributed by atoms with Crippen LogP contribution >= 0.6 is 11.3 Å². The quantitative estimate of drug-likeness (QED) is 0.369. The van der Waals surface area contributed by atoms with Gasteiger partial charge in [-0.25, -0.2) is 19.0 Å². The maximum atomic E-state index is 14.9. The van der Waals surface area contributed by atoms with Crippen LogP contribution in [0.15, 0.2) is 15.7 Å². The fourth-order valence-corrected chi connectivity index (χ4v) is 8.67. The van der Waals surface area contributed by atoms with E-state index in [1.54, 1.807) is 17.1 Å². The lowest BCUT2D eigenvalue weighted by Crippen LogP contribution is -2.35. The summed E-state index contributed by atoms with van der Waals surface area (Å²) >= 11 is 1.50. The number of thiophene rings is 1. The number of nitrogens with two attached hydrogens (primary N) is 1. The Bertz CT molecular complexity index is 1700. The predicted molar refractivity (Wildman–Crippen MR) is 145 cm³/mol. The molecule has 0 radical (unpaired) electrons. The Labute approximate surface area is 230 Å². The van der Waals surface area contributed by atoms with Crippen molar-refractivity contribution in [2.45, 2.75) is 61.2 Å². The summed E-state index contributed by atoms with van der Waals surface area (Å²) in [4.78, 5) is 12.6. The second-order valence-corrected chi connectivity index (χ2v) is 13.2. The maximum Gasteiger partial charge on any atom is 0.185 e. The molecule has 13 heteroatoms. The number of nitrogen functional groups attached to an aromatic ring is 1. The van der Waals surface area contributed by atoms with Crippen LogP contribution in [0, 0.1) is 11.3 Å². The molecule has 1 fully saturated rings. The van der Waals surface area contributed by atoms with Gasteiger partial charge in [0.2, 0.25) is 0 Å². The first kappa shape index (κ1) is 24.8. The normalized spacial score (nSPS) is 25.6. The Morgan fingerprint density at radius 3 is 2.79 bits per heavy atom. The van der Waals surface area contributed by atoms with Gasteiger partial charge in [-0.05, 0) is 51.1 Å². The molecule has 3 aliphatic rings. The zero-order chi connectivity index (χ0) is 27.1. The third kappa shape index (κ3) is 3.54. The molecule has 1 saturated heterocycles. The average molecular weight is 567 g/mol. The van der Waals surface area contributed by atoms with E-state index < -0.39 is 28.4 Å². The fraction of sp³-hybridized carbons (Fsp3) is 0.500. The molecule has 0 saturated carbocycles. The van der Waals surface area contributed by atoms with E-state index in [9.17, 15) is 13.9 Å². The number of likely N-dealkylation sites (tertiary alicyclic amines) is 1. The molecule has 202 valence electrons. The third-order valence-corrected chi connectivity index (χ3v) is 10.4. The number of rotatable bonds is 3. The van der Waals surface area contributed by atoms with Crippen molar-refractivity contribution in [2.24, 2.45) is 0 Å². The molecule has 2 aliphatic carbocycles. The number of anilines is 1. The molecule has 0 bridgehead atoms. The number of halogens is 1. The SMILES string of the molecule is CN1C[C@@H](F)[C@H](n2ncc3c(S(C)=O)nc(-c4noc5c4CCC[C@@]54CCCc5sc(N)c(C#N)c54)nc32)C1. The van der Waals surface area contributed by atoms with Crippen LogP contribution in [0.2, 0.25) is 0 Å². The molecule has 4 atom stereocenters. The Morgan fingerprint density at radius 1 is 1.28 bits per heavy atom. The summed E-state index contributed by atoms with van der Waals surface area (Å²) in [6.07, 6.45) is 7.18. The van der Waals surface area contributed by atoms with Gasteiger partial charge in [0.05, 0.1) is 39.4 Å². The second-order valence-electron chi connectivity index (χ2n) is 10.8. The van der Waals surface area contributed by atoms with E-state index >= 15 is 0 Å². The van der Waals surface area contributed by atoms with E-state index in [4.69, 9.17) is 15.2 Å². The molecule has 4 aromatic heterocycles. The van der Waals surface area contributed by atoms with Gasteiger partial charge in [-0.1, -0.05) is 5.16 Å². The number of fused-ring (bicyclic) bond motifs is 5. The molecule has 7 rings (SSSR count). The summed E-state index contributed by atoms with van der Waals surface area (Å²) in [5.41, 5.74) is 9.19. The monoisotopic (exact) mass is 566 g/mol. The molecule has 2 N–H and O–H groups in total. The van der Waals surface area contributed by atoms with Crippen molar-refractivity contribution in [1.29, 1.82) is 5.26 Å². The number of hydrogen-bond donors (Lipinski definition) is 1. The molecule has 39 heavy (non-hydrogen) atoms. The van der Waals surface area contributed by atoms with Gasteiger partial charge in [-0.3, -0.25) is 4.21 Å². The molecule has 1 spiro atoms. The van der Waals surface area contributed by atoms with E-state index in [0.29, 0.717) is 51.2 Å². The van der Waals surface area contributed by atoms with Crippen LogP contribution in [0.1, 0.15) is 59.1 Å². The first-order valence-corrected chi connectivity index (χ1v) is 15.4. The fourth-order valence-electron chi connectivity index (χ4n) is 6.84. The van der Waals surface area contributed by atoms with Crippen molar-refractivity contribution in [1.82, 2.24) is 29.8 Å². The van der Waals surface area contributed by atoms with Crippen molar-refractivity contribution in [3.63, 3.8) is 0 Å². The number of nitrogens with zero attached hydrogens (tertiary/aromatic N) is 7. The van der Waals surface area contributed by atoms with Crippen molar-refractivity contribution in [3.8, 4) is 17.6 Å². The van der Waals surface area contributed by atoms with Gasteiger partial charge >= 0.3 is 0 Å². The average Bonchev–Trinajstić information content (AvgIpc) is 3.67. The van der Waals surface area contributed by atoms with Crippen LogP contribution in [-0.4, -0.2) is 66.6 Å². The number of aromatic nitrogens is 5. The van der Waals surface area contributed by atoms with Gasteiger partial charge in [0.25, 0.3) is 0 Å². The van der Waals surface area contributed by atoms with Gasteiger partial charge < -0.3 is 15.2 Å². The highest BCUT2D eigenvalue weighted by atomic mass is 32.2. The summed E-state index contributed by atoms with van der Waals surface area (Å²) in [5.74, 6) is 1.04. The smallest absolute Gasteiger partial charge is 0.185 e. The van der Waals surface area contributed by atoms with Gasteiger partial charge in [-0.15, -0.1) is 11.3 Å². The standard InChI is InChI=1S/C26H27FN8O2S2/c1-34-11-16(27)17(12-34)35-24-15(10-30-35)25(39(2)36)32-23(31-24)20-13-5-3-7-26(21(13)37-33-20)8-4-6-18-19(26)14(9-28)22(29)38-18/h10,16-17H,3-8,11-12,29H2,1-2H3/t16-,17-,26+,39?/m1/s1. The lowest BCUT2D eigenvalue weighted by molar-refractivity contribution is 0.265. The number of hydrogen-bond acceptors (Lipinski definition) is 10. The molecular weight excluding hydrogens is 539 g/mol. The molecule has 0 aromatic carbocycles. The van der Waals surface area contributed by atoms with Crippen molar-refractivity contribution in [2.75, 3.05) is 32.1 Å². The largest absolute Gasteiger partial charge is 0.389 e. The summed E-state index contributed by atoms with van der Waals surface area (Å²) in [7, 11) is 0.434. The summed E-state index contributed by atoms with van der Waals surface area (Å²) in [6.45, 7) is 0.812. The van der Waals surface area contributed by atoms with E-state index in [0.717, 1.165) is 60.3 Å². The Morgan fingerprint density at radius 2 is 2.08 bits per heavy atom. The van der Waals surface area contributed by atoms with Gasteiger partial charge in [0.15, 0.2) is 22.9 Å². The zero-order valence-electron chi connectivity index (χ0n) is 21.6. The third-order valence-electron chi connectivity index (χ3n) is 8.48. The Hall–Kier alpha value is -3.21. The minimum Gasteiger partial charge on any atom is -0.389 e. The molecule has 0 amide bonds. The van der Waals surface area contributed by atoms with Crippen molar-refractivity contribution < 1.29 is 13.1 Å². The summed E-state index contributed by atoms with van der Waals surface area (Å²) in [5, 5.41) is 20.3. The number of alkyl halides is 1. The van der Waals surface area contributed by atoms with Crippen molar-refractivity contribution >= 4 is 38.2 Å². The topological polar surface area (TPSA) is 140 Å². The molecule has 4 aromatic rings. The second kappa shape index (κ2) is 8.90. The van der Waals surface area contributed by atoms with Gasteiger partial charge in [0, 0.05) is 29.8 Å². The number of nitriles is 1. The summed E-state index contributed by atoms with van der Waals surface area (Å²) < 4.78 is 35.4. The zero-order valence-corrected chi connectivity index (χ0v) is 23.2. The lowest BCUT2D eigenvalue weighted by Gasteiger charge is -2.39. The van der Waals surface area contributed by atoms with Gasteiger partial charge in [0.1, 0.15) is 22.3 Å². The van der Waals surface area contributed by atoms with Crippen molar-refractivity contribution in [3.05, 3.63) is 33.5 Å². The number of aryl methyl sites for hydroxylation is 1. The predicted octanol–water partition coefficient (Wildman–Crippen LogP) is 3.52. The lowest BCUT2D eigenvalue weighted by atomic mass is 9.63. The van der Waals surface area contributed by atoms with Crippen LogP contribution in [0.3, 0.4) is 0 Å². The van der Waals surface area contributed by atoms with E-state index in [1.165, 1.54) is 11.3 Å². The maximum absolute atomic E-state index is 14.9. The van der Waals surface area contributed by atoms with Crippen LogP contribution in [0.4, 0.5) is 9.39 Å². The highest BCUT2D eigenvalue weighted by molar-refractivity contribution is 7.84. The molecule has 1 unspecified atom stereocenters.